The van der Waals surface area contributed by atoms with Gasteiger partial charge in [-0.25, -0.2) is 14.2 Å². The zero-order valence-electron chi connectivity index (χ0n) is 15.2. The summed E-state index contributed by atoms with van der Waals surface area (Å²) >= 11 is 0. The molecule has 1 aromatic carbocycles. The van der Waals surface area contributed by atoms with Gasteiger partial charge in [0, 0.05) is 31.8 Å². The van der Waals surface area contributed by atoms with Crippen molar-refractivity contribution < 1.29 is 18.7 Å². The van der Waals surface area contributed by atoms with Crippen molar-refractivity contribution >= 4 is 11.9 Å². The molecule has 1 fully saturated rings. The first-order chi connectivity index (χ1) is 13.2. The van der Waals surface area contributed by atoms with Crippen LogP contribution >= 0.6 is 0 Å². The Balaban J connectivity index is 1.56. The highest BCUT2D eigenvalue weighted by Gasteiger charge is 2.22. The standard InChI is InChI=1S/C19H23FN4O3/c1-26-10-11-27-19(25)22-14-6-8-24(9-7-14)18-13-21-12-17(23-18)15-4-2-3-5-16(15)20/h2-5,12-14H,6-11H2,1H3,(H,22,25). The molecule has 7 nitrogen and oxygen atoms in total. The fourth-order valence-corrected chi connectivity index (χ4v) is 2.99. The van der Waals surface area contributed by atoms with Crippen LogP contribution in [0, 0.1) is 5.82 Å². The van der Waals surface area contributed by atoms with Crippen molar-refractivity contribution in [2.24, 2.45) is 0 Å². The summed E-state index contributed by atoms with van der Waals surface area (Å²) in [4.78, 5) is 22.6. The van der Waals surface area contributed by atoms with E-state index in [1.807, 2.05) is 0 Å². The van der Waals surface area contributed by atoms with Crippen LogP contribution in [0.2, 0.25) is 0 Å². The zero-order valence-corrected chi connectivity index (χ0v) is 15.2. The highest BCUT2D eigenvalue weighted by atomic mass is 19.1. The second kappa shape index (κ2) is 9.27. The molecule has 1 aliphatic rings. The average Bonchev–Trinajstić information content (AvgIpc) is 2.69. The zero-order chi connectivity index (χ0) is 19.1. The number of hydrogen-bond donors (Lipinski definition) is 1. The lowest BCUT2D eigenvalue weighted by atomic mass is 10.1. The van der Waals surface area contributed by atoms with Crippen LogP contribution in [0.1, 0.15) is 12.8 Å². The predicted octanol–water partition coefficient (Wildman–Crippen LogP) is 2.62. The van der Waals surface area contributed by atoms with Gasteiger partial charge < -0.3 is 19.7 Å². The quantitative estimate of drug-likeness (QED) is 0.784. The second-order valence-electron chi connectivity index (χ2n) is 6.28. The van der Waals surface area contributed by atoms with E-state index in [0.717, 1.165) is 25.9 Å². The summed E-state index contributed by atoms with van der Waals surface area (Å²) in [6.07, 6.45) is 4.35. The van der Waals surface area contributed by atoms with E-state index in [-0.39, 0.29) is 18.5 Å². The maximum absolute atomic E-state index is 14.0. The predicted molar refractivity (Wildman–Crippen MR) is 99.0 cm³/mol. The molecule has 0 atom stereocenters. The molecule has 0 unspecified atom stereocenters. The Hall–Kier alpha value is -2.74. The Labute approximate surface area is 157 Å². The van der Waals surface area contributed by atoms with Crippen LogP contribution in [0.25, 0.3) is 11.3 Å². The Morgan fingerprint density at radius 3 is 2.78 bits per heavy atom. The molecule has 144 valence electrons. The molecule has 27 heavy (non-hydrogen) atoms. The number of methoxy groups -OCH3 is 1. The molecule has 2 aromatic rings. The Bertz CT molecular complexity index is 766. The number of alkyl carbamates (subject to hydrolysis) is 1. The summed E-state index contributed by atoms with van der Waals surface area (Å²) in [5, 5.41) is 2.87. The van der Waals surface area contributed by atoms with Crippen molar-refractivity contribution in [3.63, 3.8) is 0 Å². The summed E-state index contributed by atoms with van der Waals surface area (Å²) in [5.41, 5.74) is 0.940. The molecule has 0 aliphatic carbocycles. The second-order valence-corrected chi connectivity index (χ2v) is 6.28. The van der Waals surface area contributed by atoms with Crippen LogP contribution in [0.3, 0.4) is 0 Å². The number of rotatable bonds is 6. The number of anilines is 1. The first-order valence-corrected chi connectivity index (χ1v) is 8.91. The van der Waals surface area contributed by atoms with Crippen molar-refractivity contribution in [2.75, 3.05) is 38.3 Å². The summed E-state index contributed by atoms with van der Waals surface area (Å²) in [6, 6.07) is 6.57. The van der Waals surface area contributed by atoms with E-state index in [2.05, 4.69) is 20.2 Å². The Morgan fingerprint density at radius 1 is 1.26 bits per heavy atom. The number of nitrogens with one attached hydrogen (secondary N) is 1. The van der Waals surface area contributed by atoms with Crippen LogP contribution in [-0.4, -0.2) is 55.5 Å². The molecule has 2 heterocycles. The van der Waals surface area contributed by atoms with Crippen molar-refractivity contribution in [1.82, 2.24) is 15.3 Å². The number of hydrogen-bond acceptors (Lipinski definition) is 6. The number of benzene rings is 1. The number of ether oxygens (including phenoxy) is 2. The molecule has 0 spiro atoms. The number of carbonyl (C=O) groups excluding carboxylic acids is 1. The number of aromatic nitrogens is 2. The minimum atomic E-state index is -0.424. The van der Waals surface area contributed by atoms with Crippen LogP contribution < -0.4 is 10.2 Å². The topological polar surface area (TPSA) is 76.6 Å². The van der Waals surface area contributed by atoms with Crippen molar-refractivity contribution in [3.05, 3.63) is 42.5 Å². The molecule has 1 N–H and O–H groups in total. The smallest absolute Gasteiger partial charge is 0.407 e. The van der Waals surface area contributed by atoms with Gasteiger partial charge >= 0.3 is 6.09 Å². The van der Waals surface area contributed by atoms with E-state index in [0.29, 0.717) is 23.7 Å². The van der Waals surface area contributed by atoms with Gasteiger partial charge in [0.25, 0.3) is 0 Å². The molecule has 1 amide bonds. The van der Waals surface area contributed by atoms with E-state index < -0.39 is 6.09 Å². The molecule has 0 radical (unpaired) electrons. The maximum atomic E-state index is 14.0. The molecular formula is C19H23FN4O3. The third-order valence-corrected chi connectivity index (χ3v) is 4.43. The molecule has 3 rings (SSSR count). The average molecular weight is 374 g/mol. The van der Waals surface area contributed by atoms with Crippen molar-refractivity contribution in [3.8, 4) is 11.3 Å². The van der Waals surface area contributed by atoms with Gasteiger partial charge in [-0.3, -0.25) is 4.98 Å². The highest BCUT2D eigenvalue weighted by Crippen LogP contribution is 2.23. The largest absolute Gasteiger partial charge is 0.447 e. The Kier molecular flexibility index (Phi) is 6.54. The Morgan fingerprint density at radius 2 is 2.04 bits per heavy atom. The van der Waals surface area contributed by atoms with E-state index in [4.69, 9.17) is 9.47 Å². The third kappa shape index (κ3) is 5.13. The van der Waals surface area contributed by atoms with Gasteiger partial charge in [-0.2, -0.15) is 0 Å². The fourth-order valence-electron chi connectivity index (χ4n) is 2.99. The van der Waals surface area contributed by atoms with Gasteiger partial charge in [-0.1, -0.05) is 12.1 Å². The fraction of sp³-hybridized carbons (Fsp3) is 0.421. The van der Waals surface area contributed by atoms with Crippen LogP contribution in [-0.2, 0) is 9.47 Å². The van der Waals surface area contributed by atoms with Crippen molar-refractivity contribution in [1.29, 1.82) is 0 Å². The lowest BCUT2D eigenvalue weighted by Gasteiger charge is -2.32. The first kappa shape index (κ1) is 19.0. The number of carbonyl (C=O) groups is 1. The number of piperidine rings is 1. The summed E-state index contributed by atoms with van der Waals surface area (Å²) in [7, 11) is 1.56. The lowest BCUT2D eigenvalue weighted by molar-refractivity contribution is 0.0956. The summed E-state index contributed by atoms with van der Waals surface area (Å²) < 4.78 is 23.9. The summed E-state index contributed by atoms with van der Waals surface area (Å²) in [6.45, 7) is 2.05. The van der Waals surface area contributed by atoms with E-state index in [1.165, 1.54) is 6.07 Å². The summed E-state index contributed by atoms with van der Waals surface area (Å²) in [5.74, 6) is 0.385. The molecule has 8 heteroatoms. The van der Waals surface area contributed by atoms with Crippen LogP contribution in [0.4, 0.5) is 15.0 Å². The highest BCUT2D eigenvalue weighted by molar-refractivity contribution is 5.67. The minimum Gasteiger partial charge on any atom is -0.447 e. The van der Waals surface area contributed by atoms with E-state index in [1.54, 1.807) is 37.7 Å². The first-order valence-electron chi connectivity index (χ1n) is 8.91. The van der Waals surface area contributed by atoms with Crippen molar-refractivity contribution in [2.45, 2.75) is 18.9 Å². The molecule has 1 aliphatic heterocycles. The van der Waals surface area contributed by atoms with Gasteiger partial charge in [-0.05, 0) is 25.0 Å². The maximum Gasteiger partial charge on any atom is 0.407 e. The normalized spacial score (nSPS) is 14.8. The molecular weight excluding hydrogens is 351 g/mol. The molecule has 1 aromatic heterocycles. The van der Waals surface area contributed by atoms with E-state index in [9.17, 15) is 9.18 Å². The van der Waals surface area contributed by atoms with Crippen LogP contribution in [0.5, 0.6) is 0 Å². The molecule has 1 saturated heterocycles. The number of nitrogens with zero attached hydrogens (tertiary/aromatic N) is 3. The number of halogens is 1. The van der Waals surface area contributed by atoms with Gasteiger partial charge in [0.15, 0.2) is 0 Å². The minimum absolute atomic E-state index is 0.0546. The molecule has 0 bridgehead atoms. The number of amides is 1. The molecule has 0 saturated carbocycles. The van der Waals surface area contributed by atoms with E-state index >= 15 is 0 Å². The van der Waals surface area contributed by atoms with Gasteiger partial charge in [0.05, 0.1) is 24.7 Å². The van der Waals surface area contributed by atoms with Crippen LogP contribution in [0.15, 0.2) is 36.7 Å². The van der Waals surface area contributed by atoms with Gasteiger partial charge in [0.2, 0.25) is 0 Å². The third-order valence-electron chi connectivity index (χ3n) is 4.43. The SMILES string of the molecule is COCCOC(=O)NC1CCN(c2cncc(-c3ccccc3F)n2)CC1. The monoisotopic (exact) mass is 374 g/mol. The lowest BCUT2D eigenvalue weighted by Crippen LogP contribution is -2.45. The van der Waals surface area contributed by atoms with Gasteiger partial charge in [0.1, 0.15) is 18.2 Å². The van der Waals surface area contributed by atoms with Gasteiger partial charge in [-0.15, -0.1) is 0 Å².